The number of anilines is 1. The molecule has 1 radical (unpaired) electrons. The van der Waals surface area contributed by atoms with Crippen molar-refractivity contribution < 1.29 is 22.4 Å². The Labute approximate surface area is 70.0 Å². The molecule has 1 aromatic heterocycles. The van der Waals surface area contributed by atoms with E-state index in [0.29, 0.717) is 5.82 Å². The number of nitrogens with two attached hydrogens (primary N) is 1. The van der Waals surface area contributed by atoms with Crippen LogP contribution in [-0.2, 0) is 22.4 Å². The summed E-state index contributed by atoms with van der Waals surface area (Å²) in [5.41, 5.74) is 6.32. The quantitative estimate of drug-likeness (QED) is 0.496. The number of rotatable bonds is 0. The Morgan fingerprint density at radius 3 is 2.67 bits per heavy atom. The molecule has 0 aromatic carbocycles. The third-order valence-corrected chi connectivity index (χ3v) is 0.863. The zero-order valence-corrected chi connectivity index (χ0v) is 7.33. The van der Waals surface area contributed by atoms with E-state index in [1.807, 2.05) is 13.0 Å². The van der Waals surface area contributed by atoms with Gasteiger partial charge < -0.3 is 5.73 Å². The van der Waals surface area contributed by atoms with Crippen LogP contribution in [0.5, 0.6) is 0 Å². The fourth-order valence-corrected chi connectivity index (χ4v) is 0.505. The van der Waals surface area contributed by atoms with E-state index in [4.69, 9.17) is 5.73 Å². The van der Waals surface area contributed by atoms with Gasteiger partial charge in [0.2, 0.25) is 0 Å². The Morgan fingerprint density at radius 1 is 1.67 bits per heavy atom. The summed E-state index contributed by atoms with van der Waals surface area (Å²) < 4.78 is 0. The minimum absolute atomic E-state index is 0. The van der Waals surface area contributed by atoms with E-state index in [1.54, 1.807) is 6.20 Å². The van der Waals surface area contributed by atoms with Crippen LogP contribution in [0.3, 0.4) is 0 Å². The summed E-state index contributed by atoms with van der Waals surface area (Å²) in [6, 6.07) is 4.69. The van der Waals surface area contributed by atoms with Crippen LogP contribution in [0.25, 0.3) is 0 Å². The smallest absolute Gasteiger partial charge is 0.0286 e. The van der Waals surface area contributed by atoms with Gasteiger partial charge >= 0.3 is 0 Å². The molecule has 0 unspecified atom stereocenters. The fourth-order valence-electron chi connectivity index (χ4n) is 0.505. The summed E-state index contributed by atoms with van der Waals surface area (Å²) in [7, 11) is 0. The molecule has 2 N–H and O–H groups in total. The van der Waals surface area contributed by atoms with Crippen LogP contribution in [-0.4, -0.2) is 4.98 Å². The van der Waals surface area contributed by atoms with Crippen LogP contribution >= 0.6 is 0 Å². The van der Waals surface area contributed by atoms with Gasteiger partial charge in [-0.15, -0.1) is 0 Å². The average molecular weight is 200 g/mol. The van der Waals surface area contributed by atoms with E-state index in [1.165, 1.54) is 0 Å². The molecular weight excluding hydrogens is 193 g/mol. The molecule has 0 bridgehead atoms. The Hall–Kier alpha value is -0.310. The maximum Gasteiger partial charge on any atom is 0.0286 e. The van der Waals surface area contributed by atoms with Gasteiger partial charge in [-0.2, -0.15) is 6.07 Å². The van der Waals surface area contributed by atoms with Crippen LogP contribution in [0.15, 0.2) is 12.3 Å². The van der Waals surface area contributed by atoms with Gasteiger partial charge in [0.15, 0.2) is 0 Å². The second kappa shape index (κ2) is 3.67. The van der Waals surface area contributed by atoms with Gasteiger partial charge in [0.1, 0.15) is 0 Å². The number of aromatic nitrogens is 1. The van der Waals surface area contributed by atoms with Gasteiger partial charge in [0.05, 0.1) is 0 Å². The number of nitrogen functional groups attached to an aromatic ring is 1. The Morgan fingerprint density at radius 2 is 2.33 bits per heavy atom. The van der Waals surface area contributed by atoms with E-state index in [2.05, 4.69) is 11.1 Å². The second-order valence-electron chi connectivity index (χ2n) is 1.64. The minimum Gasteiger partial charge on any atom is -0.399 e. The molecule has 0 aliphatic heterocycles. The largest absolute Gasteiger partial charge is 0.399 e. The second-order valence-corrected chi connectivity index (χ2v) is 1.64. The van der Waals surface area contributed by atoms with E-state index in [0.717, 1.165) is 5.56 Å². The molecule has 3 heteroatoms. The van der Waals surface area contributed by atoms with Crippen LogP contribution < -0.4 is 5.73 Å². The van der Waals surface area contributed by atoms with Gasteiger partial charge in [-0.3, -0.25) is 4.98 Å². The molecule has 2 nitrogen and oxygen atoms in total. The fraction of sp³-hybridized carbons (Fsp3) is 0.167. The van der Waals surface area contributed by atoms with Gasteiger partial charge in [-0.25, -0.2) is 11.6 Å². The summed E-state index contributed by atoms with van der Waals surface area (Å²) >= 11 is 0. The monoisotopic (exact) mass is 200 g/mol. The number of pyridine rings is 1. The van der Waals surface area contributed by atoms with Gasteiger partial charge in [-0.05, 0) is 0 Å². The normalized spacial score (nSPS) is 8.11. The molecule has 9 heavy (non-hydrogen) atoms. The zero-order chi connectivity index (χ0) is 5.98. The summed E-state index contributed by atoms with van der Waals surface area (Å²) in [5, 5.41) is 0. The molecular formula is C6H7N2Nb-. The number of hydrogen-bond donors (Lipinski definition) is 1. The molecule has 0 atom stereocenters. The Bertz CT molecular complexity index is 171. The molecule has 47 valence electrons. The van der Waals surface area contributed by atoms with Crippen molar-refractivity contribution in [3.8, 4) is 0 Å². The van der Waals surface area contributed by atoms with E-state index in [9.17, 15) is 0 Å². The van der Waals surface area contributed by atoms with Gasteiger partial charge in [-0.1, -0.05) is 13.1 Å². The first-order chi connectivity index (χ1) is 3.79. The molecule has 0 saturated carbocycles. The molecule has 0 spiro atoms. The first kappa shape index (κ1) is 8.69. The van der Waals surface area contributed by atoms with E-state index < -0.39 is 0 Å². The van der Waals surface area contributed by atoms with Crippen molar-refractivity contribution in [3.05, 3.63) is 23.9 Å². The van der Waals surface area contributed by atoms with Gasteiger partial charge in [0, 0.05) is 28.2 Å². The van der Waals surface area contributed by atoms with Crippen molar-refractivity contribution in [3.63, 3.8) is 0 Å². The zero-order valence-electron chi connectivity index (χ0n) is 5.13. The van der Waals surface area contributed by atoms with Crippen LogP contribution in [0, 0.1) is 13.0 Å². The first-order valence-electron chi connectivity index (χ1n) is 2.39. The Kier molecular flexibility index (Phi) is 3.54. The first-order valence-corrected chi connectivity index (χ1v) is 2.39. The van der Waals surface area contributed by atoms with Gasteiger partial charge in [0.25, 0.3) is 0 Å². The van der Waals surface area contributed by atoms with Crippen molar-refractivity contribution in [2.45, 2.75) is 6.92 Å². The molecule has 0 aliphatic rings. The topological polar surface area (TPSA) is 38.9 Å². The summed E-state index contributed by atoms with van der Waals surface area (Å²) in [6.07, 6.45) is 1.67. The minimum atomic E-state index is 0. The number of aryl methyl sites for hydroxylation is 1. The maximum atomic E-state index is 5.29. The van der Waals surface area contributed by atoms with Crippen LogP contribution in [0.1, 0.15) is 5.56 Å². The number of nitrogens with zero attached hydrogens (tertiary/aromatic N) is 1. The van der Waals surface area contributed by atoms with Crippen LogP contribution in [0.2, 0.25) is 0 Å². The SMILES string of the molecule is Cc1[c-]c(N)ncc1.[Nb]. The van der Waals surface area contributed by atoms with E-state index in [-0.39, 0.29) is 22.4 Å². The van der Waals surface area contributed by atoms with Crippen molar-refractivity contribution >= 4 is 5.82 Å². The maximum absolute atomic E-state index is 5.29. The third-order valence-electron chi connectivity index (χ3n) is 0.863. The van der Waals surface area contributed by atoms with E-state index >= 15 is 0 Å². The Balaban J connectivity index is 0.000000640. The van der Waals surface area contributed by atoms with Crippen molar-refractivity contribution in [1.29, 1.82) is 0 Å². The molecule has 0 saturated heterocycles. The predicted molar refractivity (Wildman–Crippen MR) is 32.2 cm³/mol. The molecule has 1 rings (SSSR count). The summed E-state index contributed by atoms with van der Waals surface area (Å²) in [6.45, 7) is 1.93. The summed E-state index contributed by atoms with van der Waals surface area (Å²) in [4.78, 5) is 3.76. The molecule has 0 aliphatic carbocycles. The van der Waals surface area contributed by atoms with Crippen LogP contribution in [0.4, 0.5) is 5.82 Å². The molecule has 1 aromatic rings. The molecule has 1 heterocycles. The van der Waals surface area contributed by atoms with Crippen molar-refractivity contribution in [2.75, 3.05) is 5.73 Å². The van der Waals surface area contributed by atoms with Crippen molar-refractivity contribution in [1.82, 2.24) is 4.98 Å². The third kappa shape index (κ3) is 2.65. The predicted octanol–water partition coefficient (Wildman–Crippen LogP) is 0.770. The average Bonchev–Trinajstić information content (AvgIpc) is 1.64. The molecule has 0 amide bonds. The molecule has 0 fully saturated rings. The summed E-state index contributed by atoms with van der Waals surface area (Å²) in [5.74, 6) is 0.463. The number of hydrogen-bond acceptors (Lipinski definition) is 2. The van der Waals surface area contributed by atoms with Crippen molar-refractivity contribution in [2.24, 2.45) is 0 Å². The standard InChI is InChI=1S/C6H7N2.Nb/c1-5-2-3-8-6(7)4-5;/h2-3H,1H3,(H2,7,8);/q-1;.